The zero-order valence-corrected chi connectivity index (χ0v) is 13.2. The number of carboxylic acid groups (broad SMARTS) is 1. The number of hydrogen-bond acceptors (Lipinski definition) is 3. The molecule has 0 aromatic heterocycles. The van der Waals surface area contributed by atoms with Crippen LogP contribution in [-0.2, 0) is 14.4 Å². The van der Waals surface area contributed by atoms with E-state index in [0.717, 1.165) is 0 Å². The van der Waals surface area contributed by atoms with Gasteiger partial charge in [0.2, 0.25) is 11.8 Å². The van der Waals surface area contributed by atoms with Crippen LogP contribution in [0.2, 0.25) is 0 Å². The third-order valence-electron chi connectivity index (χ3n) is 4.24. The molecule has 1 aliphatic rings. The van der Waals surface area contributed by atoms with Crippen LogP contribution in [0.4, 0.5) is 5.69 Å². The third-order valence-corrected chi connectivity index (χ3v) is 4.24. The van der Waals surface area contributed by atoms with E-state index in [1.54, 1.807) is 19.2 Å². The van der Waals surface area contributed by atoms with Gasteiger partial charge in [0.15, 0.2) is 0 Å². The summed E-state index contributed by atoms with van der Waals surface area (Å²) in [5, 5.41) is 11.7. The van der Waals surface area contributed by atoms with Crippen molar-refractivity contribution in [2.45, 2.75) is 25.7 Å². The minimum Gasteiger partial charge on any atom is -0.481 e. The number of carbonyl (C=O) groups excluding carboxylic acids is 2. The van der Waals surface area contributed by atoms with Gasteiger partial charge in [0.1, 0.15) is 0 Å². The van der Waals surface area contributed by atoms with Crippen molar-refractivity contribution >= 4 is 23.5 Å². The highest BCUT2D eigenvalue weighted by atomic mass is 16.4. The highest BCUT2D eigenvalue weighted by Crippen LogP contribution is 2.30. The molecule has 2 rings (SSSR count). The molecule has 6 heteroatoms. The molecule has 0 saturated heterocycles. The molecule has 6 nitrogen and oxygen atoms in total. The Morgan fingerprint density at radius 1 is 1.09 bits per heavy atom. The van der Waals surface area contributed by atoms with Gasteiger partial charge in [-0.25, -0.2) is 0 Å². The van der Waals surface area contributed by atoms with Crippen LogP contribution in [0.25, 0.3) is 0 Å². The first-order chi connectivity index (χ1) is 11.0. The Morgan fingerprint density at radius 2 is 1.65 bits per heavy atom. The summed E-state index contributed by atoms with van der Waals surface area (Å²) in [5.74, 6) is -1.64. The summed E-state index contributed by atoms with van der Waals surface area (Å²) in [6.07, 6.45) is 2.19. The Balaban J connectivity index is 1.81. The molecule has 1 fully saturated rings. The first-order valence-corrected chi connectivity index (χ1v) is 7.80. The number of rotatable bonds is 5. The van der Waals surface area contributed by atoms with Crippen LogP contribution in [0.15, 0.2) is 30.3 Å². The summed E-state index contributed by atoms with van der Waals surface area (Å²) in [5.41, 5.74) is 0.695. The van der Waals surface area contributed by atoms with Crippen molar-refractivity contribution in [3.05, 3.63) is 30.3 Å². The standard InChI is InChI=1S/C17H22N2O4/c1-19(11-15(20)18-14-5-3-2-4-6-14)16(21)12-7-9-13(10-8-12)17(22)23/h2-6,12-13H,7-11H2,1H3,(H,18,20)(H,22,23). The van der Waals surface area contributed by atoms with Gasteiger partial charge in [0.05, 0.1) is 12.5 Å². The fraction of sp³-hybridized carbons (Fsp3) is 0.471. The van der Waals surface area contributed by atoms with Gasteiger partial charge in [0, 0.05) is 18.7 Å². The maximum atomic E-state index is 12.4. The maximum absolute atomic E-state index is 12.4. The topological polar surface area (TPSA) is 86.7 Å². The fourth-order valence-corrected chi connectivity index (χ4v) is 2.91. The lowest BCUT2D eigenvalue weighted by atomic mass is 9.81. The molecule has 2 amide bonds. The van der Waals surface area contributed by atoms with Crippen molar-refractivity contribution in [1.29, 1.82) is 0 Å². The summed E-state index contributed by atoms with van der Waals surface area (Å²) < 4.78 is 0. The molecule has 0 heterocycles. The molecule has 1 saturated carbocycles. The Hall–Kier alpha value is -2.37. The highest BCUT2D eigenvalue weighted by molar-refractivity contribution is 5.94. The molecule has 2 N–H and O–H groups in total. The third kappa shape index (κ3) is 4.81. The zero-order chi connectivity index (χ0) is 16.8. The number of carboxylic acids is 1. The van der Waals surface area contributed by atoms with Gasteiger partial charge in [-0.2, -0.15) is 0 Å². The fourth-order valence-electron chi connectivity index (χ4n) is 2.91. The van der Waals surface area contributed by atoms with Crippen molar-refractivity contribution in [1.82, 2.24) is 4.90 Å². The number of hydrogen-bond donors (Lipinski definition) is 2. The lowest BCUT2D eigenvalue weighted by Crippen LogP contribution is -2.40. The number of carbonyl (C=O) groups is 3. The van der Waals surface area contributed by atoms with E-state index in [9.17, 15) is 14.4 Å². The molecular weight excluding hydrogens is 296 g/mol. The van der Waals surface area contributed by atoms with Crippen LogP contribution in [0.1, 0.15) is 25.7 Å². The normalized spacial score (nSPS) is 20.6. The molecule has 0 unspecified atom stereocenters. The van der Waals surface area contributed by atoms with Crippen molar-refractivity contribution < 1.29 is 19.5 Å². The molecule has 0 spiro atoms. The number of aliphatic carboxylic acids is 1. The monoisotopic (exact) mass is 318 g/mol. The van der Waals surface area contributed by atoms with Gasteiger partial charge in [-0.1, -0.05) is 18.2 Å². The van der Waals surface area contributed by atoms with Gasteiger partial charge in [0.25, 0.3) is 0 Å². The van der Waals surface area contributed by atoms with Crippen LogP contribution in [0.3, 0.4) is 0 Å². The minimum absolute atomic E-state index is 0.00735. The second kappa shape index (κ2) is 7.76. The number of amides is 2. The lowest BCUT2D eigenvalue weighted by molar-refractivity contribution is -0.145. The van der Waals surface area contributed by atoms with E-state index in [0.29, 0.717) is 31.4 Å². The SMILES string of the molecule is CN(CC(=O)Nc1ccccc1)C(=O)C1CCC(C(=O)O)CC1. The average molecular weight is 318 g/mol. The Bertz CT molecular complexity index is 565. The largest absolute Gasteiger partial charge is 0.481 e. The van der Waals surface area contributed by atoms with Gasteiger partial charge < -0.3 is 15.3 Å². The van der Waals surface area contributed by atoms with E-state index in [1.807, 2.05) is 18.2 Å². The minimum atomic E-state index is -0.786. The number of benzene rings is 1. The van der Waals surface area contributed by atoms with Gasteiger partial charge >= 0.3 is 5.97 Å². The van der Waals surface area contributed by atoms with Crippen LogP contribution >= 0.6 is 0 Å². The van der Waals surface area contributed by atoms with Gasteiger partial charge in [-0.3, -0.25) is 14.4 Å². The van der Waals surface area contributed by atoms with E-state index >= 15 is 0 Å². The van der Waals surface area contributed by atoms with Crippen molar-refractivity contribution in [3.63, 3.8) is 0 Å². The highest BCUT2D eigenvalue weighted by Gasteiger charge is 2.31. The molecule has 0 atom stereocenters. The lowest BCUT2D eigenvalue weighted by Gasteiger charge is -2.28. The van der Waals surface area contributed by atoms with Crippen molar-refractivity contribution in [3.8, 4) is 0 Å². The number of likely N-dealkylation sites (N-methyl/N-ethyl adjacent to an activating group) is 1. The quantitative estimate of drug-likeness (QED) is 0.869. The Morgan fingerprint density at radius 3 is 2.22 bits per heavy atom. The molecule has 0 bridgehead atoms. The van der Waals surface area contributed by atoms with E-state index in [2.05, 4.69) is 5.32 Å². The summed E-state index contributed by atoms with van der Waals surface area (Å²) in [6.45, 7) is -0.00735. The number of anilines is 1. The Labute approximate surface area is 135 Å². The predicted octanol–water partition coefficient (Wildman–Crippen LogP) is 1.97. The van der Waals surface area contributed by atoms with E-state index in [-0.39, 0.29) is 30.2 Å². The second-order valence-corrected chi connectivity index (χ2v) is 6.00. The molecule has 23 heavy (non-hydrogen) atoms. The first kappa shape index (κ1) is 17.0. The van der Waals surface area contributed by atoms with Crippen molar-refractivity contribution in [2.24, 2.45) is 11.8 Å². The number of nitrogens with zero attached hydrogens (tertiary/aromatic N) is 1. The summed E-state index contributed by atoms with van der Waals surface area (Å²) in [4.78, 5) is 36.7. The summed E-state index contributed by atoms with van der Waals surface area (Å²) >= 11 is 0. The van der Waals surface area contributed by atoms with E-state index < -0.39 is 5.97 Å². The predicted molar refractivity (Wildman–Crippen MR) is 85.8 cm³/mol. The molecule has 0 radical (unpaired) electrons. The molecule has 1 aliphatic carbocycles. The van der Waals surface area contributed by atoms with Gasteiger partial charge in [-0.05, 0) is 37.8 Å². The summed E-state index contributed by atoms with van der Waals surface area (Å²) in [7, 11) is 1.61. The molecular formula is C17H22N2O4. The zero-order valence-electron chi connectivity index (χ0n) is 13.2. The summed E-state index contributed by atoms with van der Waals surface area (Å²) in [6, 6.07) is 9.08. The van der Waals surface area contributed by atoms with E-state index in [4.69, 9.17) is 5.11 Å². The average Bonchev–Trinajstić information content (AvgIpc) is 2.55. The van der Waals surface area contributed by atoms with Crippen LogP contribution in [0.5, 0.6) is 0 Å². The van der Waals surface area contributed by atoms with Crippen molar-refractivity contribution in [2.75, 3.05) is 18.9 Å². The number of para-hydroxylation sites is 1. The molecule has 1 aromatic rings. The maximum Gasteiger partial charge on any atom is 0.306 e. The first-order valence-electron chi connectivity index (χ1n) is 7.80. The smallest absolute Gasteiger partial charge is 0.306 e. The molecule has 124 valence electrons. The number of nitrogens with one attached hydrogen (secondary N) is 1. The van der Waals surface area contributed by atoms with Gasteiger partial charge in [-0.15, -0.1) is 0 Å². The molecule has 1 aromatic carbocycles. The molecule has 0 aliphatic heterocycles. The Kier molecular flexibility index (Phi) is 5.73. The van der Waals surface area contributed by atoms with Crippen LogP contribution < -0.4 is 5.32 Å². The van der Waals surface area contributed by atoms with E-state index in [1.165, 1.54) is 4.90 Å². The second-order valence-electron chi connectivity index (χ2n) is 6.00. The van der Waals surface area contributed by atoms with Crippen LogP contribution in [0, 0.1) is 11.8 Å². The van der Waals surface area contributed by atoms with Crippen LogP contribution in [-0.4, -0.2) is 41.4 Å².